The molecule has 3 N–H and O–H groups in total. The standard InChI is InChI=1S/C14H16N2O4/c15-12(18)6-5-11(17)13-10-4-2-1-3-9(10)7-8-16(13)14(19)20/h1-4,13H,5-8H2,(H2,15,18)(H,19,20). The summed E-state index contributed by atoms with van der Waals surface area (Å²) in [5.74, 6) is -0.859. The first-order valence-electron chi connectivity index (χ1n) is 6.39. The number of primary amides is 1. The Kier molecular flexibility index (Phi) is 4.02. The first-order chi connectivity index (χ1) is 9.50. The maximum atomic E-state index is 12.3. The van der Waals surface area contributed by atoms with Crippen molar-refractivity contribution in [1.29, 1.82) is 0 Å². The van der Waals surface area contributed by atoms with Crippen molar-refractivity contribution in [1.82, 2.24) is 4.90 Å². The van der Waals surface area contributed by atoms with Crippen LogP contribution in [0.25, 0.3) is 0 Å². The van der Waals surface area contributed by atoms with E-state index >= 15 is 0 Å². The first kappa shape index (κ1) is 14.0. The van der Waals surface area contributed by atoms with Crippen LogP contribution in [-0.2, 0) is 16.0 Å². The summed E-state index contributed by atoms with van der Waals surface area (Å²) in [5.41, 5.74) is 6.72. The van der Waals surface area contributed by atoms with E-state index in [0.29, 0.717) is 12.0 Å². The van der Waals surface area contributed by atoms with Gasteiger partial charge in [-0.3, -0.25) is 14.5 Å². The summed E-state index contributed by atoms with van der Waals surface area (Å²) in [6, 6.07) is 6.45. The predicted molar refractivity (Wildman–Crippen MR) is 71.1 cm³/mol. The molecule has 0 spiro atoms. The number of rotatable bonds is 4. The van der Waals surface area contributed by atoms with E-state index in [-0.39, 0.29) is 25.2 Å². The highest BCUT2D eigenvalue weighted by Crippen LogP contribution is 2.31. The lowest BCUT2D eigenvalue weighted by Crippen LogP contribution is -2.43. The third-order valence-corrected chi connectivity index (χ3v) is 3.45. The highest BCUT2D eigenvalue weighted by atomic mass is 16.4. The number of benzene rings is 1. The van der Waals surface area contributed by atoms with Gasteiger partial charge in [-0.05, 0) is 17.5 Å². The van der Waals surface area contributed by atoms with Crippen molar-refractivity contribution in [2.75, 3.05) is 6.54 Å². The molecule has 1 aromatic rings. The third kappa shape index (κ3) is 2.79. The van der Waals surface area contributed by atoms with Gasteiger partial charge >= 0.3 is 6.09 Å². The molecule has 2 rings (SSSR count). The van der Waals surface area contributed by atoms with E-state index in [1.807, 2.05) is 12.1 Å². The summed E-state index contributed by atoms with van der Waals surface area (Å²) in [6.07, 6.45) is -0.651. The van der Waals surface area contributed by atoms with Crippen molar-refractivity contribution < 1.29 is 19.5 Å². The molecule has 0 aromatic heterocycles. The fourth-order valence-corrected chi connectivity index (χ4v) is 2.50. The average molecular weight is 276 g/mol. The Hall–Kier alpha value is -2.37. The van der Waals surface area contributed by atoms with Crippen molar-refractivity contribution in [3.63, 3.8) is 0 Å². The summed E-state index contributed by atoms with van der Waals surface area (Å²) < 4.78 is 0. The van der Waals surface area contributed by atoms with E-state index in [0.717, 1.165) is 10.5 Å². The number of nitrogens with two attached hydrogens (primary N) is 1. The molecule has 1 aliphatic heterocycles. The topological polar surface area (TPSA) is 101 Å². The van der Waals surface area contributed by atoms with Gasteiger partial charge in [-0.15, -0.1) is 0 Å². The Bertz CT molecular complexity index is 556. The number of hydrogen-bond donors (Lipinski definition) is 2. The molecule has 6 heteroatoms. The second-order valence-corrected chi connectivity index (χ2v) is 4.76. The van der Waals surface area contributed by atoms with Crippen LogP contribution in [0, 0.1) is 0 Å². The lowest BCUT2D eigenvalue weighted by atomic mass is 9.89. The van der Waals surface area contributed by atoms with E-state index in [2.05, 4.69) is 0 Å². The smallest absolute Gasteiger partial charge is 0.408 e. The summed E-state index contributed by atoms with van der Waals surface area (Å²) in [4.78, 5) is 35.5. The number of carbonyl (C=O) groups excluding carboxylic acids is 2. The highest BCUT2D eigenvalue weighted by Gasteiger charge is 2.35. The molecule has 1 aromatic carbocycles. The van der Waals surface area contributed by atoms with Crippen LogP contribution < -0.4 is 5.73 Å². The molecule has 1 unspecified atom stereocenters. The number of ketones is 1. The Morgan fingerprint density at radius 3 is 2.60 bits per heavy atom. The van der Waals surface area contributed by atoms with Crippen LogP contribution in [0.3, 0.4) is 0 Å². The van der Waals surface area contributed by atoms with Gasteiger partial charge in [0.2, 0.25) is 5.91 Å². The number of Topliss-reactive ketones (excluding diaryl/α,β-unsaturated/α-hetero) is 1. The molecule has 1 atom stereocenters. The normalized spacial score (nSPS) is 17.4. The van der Waals surface area contributed by atoms with Gasteiger partial charge in [-0.25, -0.2) is 4.79 Å². The van der Waals surface area contributed by atoms with E-state index in [1.54, 1.807) is 12.1 Å². The Morgan fingerprint density at radius 1 is 1.25 bits per heavy atom. The van der Waals surface area contributed by atoms with E-state index in [4.69, 9.17) is 5.73 Å². The van der Waals surface area contributed by atoms with E-state index in [9.17, 15) is 19.5 Å². The molecule has 0 aliphatic carbocycles. The molecule has 6 nitrogen and oxygen atoms in total. The van der Waals surface area contributed by atoms with Crippen LogP contribution in [0.1, 0.15) is 30.0 Å². The monoisotopic (exact) mass is 276 g/mol. The van der Waals surface area contributed by atoms with Gasteiger partial charge in [0.1, 0.15) is 6.04 Å². The van der Waals surface area contributed by atoms with Gasteiger partial charge < -0.3 is 10.8 Å². The molecule has 1 heterocycles. The van der Waals surface area contributed by atoms with Crippen LogP contribution in [0.2, 0.25) is 0 Å². The molecule has 1 aliphatic rings. The van der Waals surface area contributed by atoms with E-state index < -0.39 is 18.0 Å². The second kappa shape index (κ2) is 5.73. The van der Waals surface area contributed by atoms with Gasteiger partial charge in [-0.2, -0.15) is 0 Å². The van der Waals surface area contributed by atoms with Crippen molar-refractivity contribution in [2.45, 2.75) is 25.3 Å². The second-order valence-electron chi connectivity index (χ2n) is 4.76. The Labute approximate surface area is 116 Å². The van der Waals surface area contributed by atoms with Gasteiger partial charge in [0.15, 0.2) is 5.78 Å². The largest absolute Gasteiger partial charge is 0.465 e. The number of carboxylic acid groups (broad SMARTS) is 1. The molecule has 2 amide bonds. The molecule has 0 saturated carbocycles. The zero-order valence-corrected chi connectivity index (χ0v) is 10.9. The zero-order chi connectivity index (χ0) is 14.7. The molecule has 106 valence electrons. The molecule has 20 heavy (non-hydrogen) atoms. The van der Waals surface area contributed by atoms with Crippen LogP contribution in [0.4, 0.5) is 4.79 Å². The van der Waals surface area contributed by atoms with Crippen molar-refractivity contribution in [3.05, 3.63) is 35.4 Å². The maximum Gasteiger partial charge on any atom is 0.408 e. The van der Waals surface area contributed by atoms with Crippen LogP contribution >= 0.6 is 0 Å². The Morgan fingerprint density at radius 2 is 1.95 bits per heavy atom. The fourth-order valence-electron chi connectivity index (χ4n) is 2.50. The molecule has 0 bridgehead atoms. The van der Waals surface area contributed by atoms with Crippen LogP contribution in [-0.4, -0.2) is 34.3 Å². The fraction of sp³-hybridized carbons (Fsp3) is 0.357. The number of carbonyl (C=O) groups is 3. The quantitative estimate of drug-likeness (QED) is 0.859. The maximum absolute atomic E-state index is 12.3. The van der Waals surface area contributed by atoms with E-state index in [1.165, 1.54) is 0 Å². The molecule has 0 saturated heterocycles. The highest BCUT2D eigenvalue weighted by molar-refractivity contribution is 5.91. The zero-order valence-electron chi connectivity index (χ0n) is 10.9. The first-order valence-corrected chi connectivity index (χ1v) is 6.39. The Balaban J connectivity index is 2.31. The lowest BCUT2D eigenvalue weighted by Gasteiger charge is -2.34. The molecular weight excluding hydrogens is 260 g/mol. The van der Waals surface area contributed by atoms with Crippen LogP contribution in [0.15, 0.2) is 24.3 Å². The summed E-state index contributed by atoms with van der Waals surface area (Å²) in [5, 5.41) is 9.24. The molecule has 0 fully saturated rings. The van der Waals surface area contributed by atoms with Gasteiger partial charge in [0.25, 0.3) is 0 Å². The van der Waals surface area contributed by atoms with Gasteiger partial charge in [0.05, 0.1) is 0 Å². The van der Waals surface area contributed by atoms with Gasteiger partial charge in [-0.1, -0.05) is 24.3 Å². The SMILES string of the molecule is NC(=O)CCC(=O)C1c2ccccc2CCN1C(=O)O. The summed E-state index contributed by atoms with van der Waals surface area (Å²) in [7, 11) is 0. The summed E-state index contributed by atoms with van der Waals surface area (Å²) >= 11 is 0. The predicted octanol–water partition coefficient (Wildman–Crippen LogP) is 1.10. The summed E-state index contributed by atoms with van der Waals surface area (Å²) in [6.45, 7) is 0.277. The van der Waals surface area contributed by atoms with Crippen molar-refractivity contribution in [3.8, 4) is 0 Å². The minimum Gasteiger partial charge on any atom is -0.465 e. The minimum atomic E-state index is -1.13. The number of hydrogen-bond acceptors (Lipinski definition) is 3. The van der Waals surface area contributed by atoms with Crippen molar-refractivity contribution in [2.24, 2.45) is 5.73 Å². The van der Waals surface area contributed by atoms with Crippen LogP contribution in [0.5, 0.6) is 0 Å². The van der Waals surface area contributed by atoms with Crippen molar-refractivity contribution >= 4 is 17.8 Å². The lowest BCUT2D eigenvalue weighted by molar-refractivity contribution is -0.127. The third-order valence-electron chi connectivity index (χ3n) is 3.45. The number of fused-ring (bicyclic) bond motifs is 1. The molecule has 0 radical (unpaired) electrons. The van der Waals surface area contributed by atoms with Gasteiger partial charge in [0, 0.05) is 19.4 Å². The average Bonchev–Trinajstić information content (AvgIpc) is 2.43. The number of amides is 2. The number of nitrogens with zero attached hydrogens (tertiary/aromatic N) is 1. The molecular formula is C14H16N2O4. The minimum absolute atomic E-state index is 0.0435.